The molecule has 0 aromatic carbocycles. The van der Waals surface area contributed by atoms with E-state index in [9.17, 15) is 4.79 Å². The summed E-state index contributed by atoms with van der Waals surface area (Å²) in [5.41, 5.74) is 2.53. The minimum Gasteiger partial charge on any atom is -0.466 e. The number of hydrogen-bond donors (Lipinski definition) is 0. The molecule has 0 amide bonds. The Morgan fingerprint density at radius 1 is 1.50 bits per heavy atom. The molecule has 2 rings (SSSR count). The van der Waals surface area contributed by atoms with E-state index in [1.807, 2.05) is 13.3 Å². The van der Waals surface area contributed by atoms with E-state index in [0.717, 1.165) is 12.8 Å². The Bertz CT molecular complexity index is 371. The molecule has 1 aromatic heterocycles. The molecule has 1 aromatic rings. The quantitative estimate of drug-likeness (QED) is 0.728. The van der Waals surface area contributed by atoms with Crippen LogP contribution in [0.1, 0.15) is 37.6 Å². The van der Waals surface area contributed by atoms with Crippen LogP contribution in [-0.2, 0) is 28.9 Å². The summed E-state index contributed by atoms with van der Waals surface area (Å²) in [6.45, 7) is 2.99. The number of rotatable bonds is 4. The maximum atomic E-state index is 11.3. The van der Waals surface area contributed by atoms with Gasteiger partial charge in [-0.1, -0.05) is 0 Å². The second kappa shape index (κ2) is 5.14. The molecule has 0 N–H and O–H groups in total. The van der Waals surface area contributed by atoms with E-state index in [1.54, 1.807) is 0 Å². The smallest absolute Gasteiger partial charge is 0.307 e. The second-order valence-electron chi connectivity index (χ2n) is 4.09. The Morgan fingerprint density at radius 2 is 2.31 bits per heavy atom. The van der Waals surface area contributed by atoms with Crippen LogP contribution in [-0.4, -0.2) is 22.1 Å². The first-order valence-electron chi connectivity index (χ1n) is 5.99. The molecule has 4 heteroatoms. The molecule has 0 fully saturated rings. The van der Waals surface area contributed by atoms with Gasteiger partial charge in [-0.05, 0) is 32.6 Å². The van der Waals surface area contributed by atoms with Crippen molar-refractivity contribution in [1.29, 1.82) is 0 Å². The average Bonchev–Trinajstić information content (AvgIpc) is 2.70. The van der Waals surface area contributed by atoms with Crippen molar-refractivity contribution in [3.8, 4) is 0 Å². The number of carbonyl (C=O) groups is 1. The van der Waals surface area contributed by atoms with Gasteiger partial charge in [0.05, 0.1) is 25.0 Å². The number of ether oxygens (including phenoxy) is 1. The summed E-state index contributed by atoms with van der Waals surface area (Å²) < 4.78 is 7.01. The van der Waals surface area contributed by atoms with Crippen LogP contribution in [0.25, 0.3) is 0 Å². The highest BCUT2D eigenvalue weighted by Gasteiger charge is 2.15. The minimum atomic E-state index is -0.124. The molecule has 0 saturated carbocycles. The van der Waals surface area contributed by atoms with Crippen molar-refractivity contribution in [2.75, 3.05) is 6.61 Å². The molecule has 16 heavy (non-hydrogen) atoms. The summed E-state index contributed by atoms with van der Waals surface area (Å²) in [5, 5.41) is 0. The molecule has 1 aliphatic rings. The monoisotopic (exact) mass is 222 g/mol. The third kappa shape index (κ3) is 2.43. The van der Waals surface area contributed by atoms with Crippen molar-refractivity contribution >= 4 is 5.97 Å². The first-order valence-corrected chi connectivity index (χ1v) is 5.99. The van der Waals surface area contributed by atoms with E-state index in [4.69, 9.17) is 4.74 Å². The normalized spacial score (nSPS) is 14.6. The summed E-state index contributed by atoms with van der Waals surface area (Å²) in [6, 6.07) is 0. The van der Waals surface area contributed by atoms with E-state index in [0.29, 0.717) is 19.6 Å². The SMILES string of the molecule is CCOC(=O)CCn1cnc2c1CCCC2. The first-order chi connectivity index (χ1) is 7.81. The number of carbonyl (C=O) groups excluding carboxylic acids is 1. The van der Waals surface area contributed by atoms with Gasteiger partial charge in [0.2, 0.25) is 0 Å². The standard InChI is InChI=1S/C12H18N2O2/c1-2-16-12(15)7-8-14-9-13-10-5-3-4-6-11(10)14/h9H,2-8H2,1H3. The number of fused-ring (bicyclic) bond motifs is 1. The third-order valence-electron chi connectivity index (χ3n) is 2.97. The predicted octanol–water partition coefficient (Wildman–Crippen LogP) is 1.72. The molecule has 4 nitrogen and oxygen atoms in total. The zero-order valence-electron chi connectivity index (χ0n) is 9.74. The van der Waals surface area contributed by atoms with Crippen LogP contribution >= 0.6 is 0 Å². The van der Waals surface area contributed by atoms with E-state index >= 15 is 0 Å². The number of esters is 1. The molecule has 1 aliphatic carbocycles. The molecule has 0 spiro atoms. The lowest BCUT2D eigenvalue weighted by molar-refractivity contribution is -0.143. The van der Waals surface area contributed by atoms with E-state index in [1.165, 1.54) is 24.2 Å². The van der Waals surface area contributed by atoms with Crippen molar-refractivity contribution in [1.82, 2.24) is 9.55 Å². The summed E-state index contributed by atoms with van der Waals surface area (Å²) in [4.78, 5) is 15.6. The zero-order valence-corrected chi connectivity index (χ0v) is 9.74. The topological polar surface area (TPSA) is 44.1 Å². The summed E-state index contributed by atoms with van der Waals surface area (Å²) in [7, 11) is 0. The fraction of sp³-hybridized carbons (Fsp3) is 0.667. The minimum absolute atomic E-state index is 0.124. The van der Waals surface area contributed by atoms with Crippen LogP contribution < -0.4 is 0 Å². The van der Waals surface area contributed by atoms with Crippen molar-refractivity contribution < 1.29 is 9.53 Å². The molecule has 0 saturated heterocycles. The van der Waals surface area contributed by atoms with Gasteiger partial charge in [0.25, 0.3) is 0 Å². The lowest BCUT2D eigenvalue weighted by Gasteiger charge is -2.13. The number of imidazole rings is 1. The lowest BCUT2D eigenvalue weighted by atomic mass is 10.0. The van der Waals surface area contributed by atoms with Crippen molar-refractivity contribution in [2.24, 2.45) is 0 Å². The summed E-state index contributed by atoms with van der Waals surface area (Å²) >= 11 is 0. The highest BCUT2D eigenvalue weighted by atomic mass is 16.5. The van der Waals surface area contributed by atoms with Gasteiger partial charge in [0.15, 0.2) is 0 Å². The molecule has 88 valence electrons. The van der Waals surface area contributed by atoms with Crippen molar-refractivity contribution in [3.05, 3.63) is 17.7 Å². The van der Waals surface area contributed by atoms with E-state index in [2.05, 4.69) is 9.55 Å². The maximum absolute atomic E-state index is 11.3. The van der Waals surface area contributed by atoms with Gasteiger partial charge in [-0.2, -0.15) is 0 Å². The number of nitrogens with zero attached hydrogens (tertiary/aromatic N) is 2. The van der Waals surface area contributed by atoms with Gasteiger partial charge in [0, 0.05) is 12.2 Å². The predicted molar refractivity (Wildman–Crippen MR) is 60.1 cm³/mol. The van der Waals surface area contributed by atoms with Gasteiger partial charge in [0.1, 0.15) is 0 Å². The molecule has 0 aliphatic heterocycles. The fourth-order valence-corrected chi connectivity index (χ4v) is 2.17. The van der Waals surface area contributed by atoms with E-state index < -0.39 is 0 Å². The summed E-state index contributed by atoms with van der Waals surface area (Å²) in [5.74, 6) is -0.124. The Hall–Kier alpha value is -1.32. The zero-order chi connectivity index (χ0) is 11.4. The Balaban J connectivity index is 1.94. The summed E-state index contributed by atoms with van der Waals surface area (Å²) in [6.07, 6.45) is 6.95. The van der Waals surface area contributed by atoms with Crippen molar-refractivity contribution in [3.63, 3.8) is 0 Å². The lowest BCUT2D eigenvalue weighted by Crippen LogP contribution is -2.12. The second-order valence-corrected chi connectivity index (χ2v) is 4.09. The van der Waals surface area contributed by atoms with Gasteiger partial charge in [-0.3, -0.25) is 4.79 Å². The van der Waals surface area contributed by atoms with Crippen LogP contribution in [0.4, 0.5) is 0 Å². The Labute approximate surface area is 95.6 Å². The van der Waals surface area contributed by atoms with Crippen LogP contribution in [0.2, 0.25) is 0 Å². The third-order valence-corrected chi connectivity index (χ3v) is 2.97. The van der Waals surface area contributed by atoms with Crippen LogP contribution in [0.5, 0.6) is 0 Å². The molecular weight excluding hydrogens is 204 g/mol. The number of aryl methyl sites for hydroxylation is 2. The molecular formula is C12H18N2O2. The van der Waals surface area contributed by atoms with Crippen LogP contribution in [0.15, 0.2) is 6.33 Å². The van der Waals surface area contributed by atoms with E-state index in [-0.39, 0.29) is 5.97 Å². The maximum Gasteiger partial charge on any atom is 0.307 e. The van der Waals surface area contributed by atoms with Gasteiger partial charge in [-0.15, -0.1) is 0 Å². The first kappa shape index (κ1) is 11.2. The van der Waals surface area contributed by atoms with Gasteiger partial charge < -0.3 is 9.30 Å². The van der Waals surface area contributed by atoms with Gasteiger partial charge >= 0.3 is 5.97 Å². The highest BCUT2D eigenvalue weighted by Crippen LogP contribution is 2.19. The Morgan fingerprint density at radius 3 is 3.12 bits per heavy atom. The molecule has 1 heterocycles. The van der Waals surface area contributed by atoms with Gasteiger partial charge in [-0.25, -0.2) is 4.98 Å². The fourth-order valence-electron chi connectivity index (χ4n) is 2.17. The van der Waals surface area contributed by atoms with Crippen LogP contribution in [0, 0.1) is 0 Å². The average molecular weight is 222 g/mol. The van der Waals surface area contributed by atoms with Crippen LogP contribution in [0.3, 0.4) is 0 Å². The van der Waals surface area contributed by atoms with Crippen molar-refractivity contribution in [2.45, 2.75) is 45.6 Å². The Kier molecular flexibility index (Phi) is 3.59. The molecule has 0 atom stereocenters. The highest BCUT2D eigenvalue weighted by molar-refractivity contribution is 5.69. The largest absolute Gasteiger partial charge is 0.466 e. The molecule has 0 unspecified atom stereocenters. The molecule has 0 radical (unpaired) electrons. The molecule has 0 bridgehead atoms. The number of hydrogen-bond acceptors (Lipinski definition) is 3. The number of aromatic nitrogens is 2.